The highest BCUT2D eigenvalue weighted by Crippen LogP contribution is 2.20. The van der Waals surface area contributed by atoms with Gasteiger partial charge >= 0.3 is 0 Å². The van der Waals surface area contributed by atoms with E-state index in [1.807, 2.05) is 6.92 Å². The molecule has 1 heterocycles. The Morgan fingerprint density at radius 3 is 2.12 bits per heavy atom. The van der Waals surface area contributed by atoms with Crippen molar-refractivity contribution in [2.75, 3.05) is 23.7 Å². The number of rotatable bonds is 4. The summed E-state index contributed by atoms with van der Waals surface area (Å²) in [5, 5.41) is 4.22. The topological polar surface area (TPSA) is 70.7 Å². The summed E-state index contributed by atoms with van der Waals surface area (Å²) in [5.41, 5.74) is 12.4. The molecule has 5 nitrogen and oxygen atoms in total. The van der Waals surface area contributed by atoms with E-state index < -0.39 is 0 Å². The van der Waals surface area contributed by atoms with Crippen LogP contribution in [0.3, 0.4) is 0 Å². The Bertz CT molecular complexity index is 758. The second-order valence-electron chi connectivity index (χ2n) is 6.71. The van der Waals surface area contributed by atoms with Gasteiger partial charge in [-0.05, 0) is 61.7 Å². The van der Waals surface area contributed by atoms with Crippen LogP contribution in [0.2, 0.25) is 0 Å². The van der Waals surface area contributed by atoms with Crippen molar-refractivity contribution in [1.82, 2.24) is 5.43 Å². The number of benzene rings is 2. The van der Waals surface area contributed by atoms with Crippen molar-refractivity contribution >= 4 is 23.0 Å². The van der Waals surface area contributed by atoms with Gasteiger partial charge in [0.2, 0.25) is 0 Å². The van der Waals surface area contributed by atoms with Gasteiger partial charge in [0.05, 0.1) is 5.71 Å². The number of amides is 1. The molecule has 2 aromatic rings. The monoisotopic (exact) mass is 350 g/mol. The molecular formula is C21H26N4O. The number of carbonyl (C=O) groups is 1. The molecule has 0 unspecified atom stereocenters. The normalized spacial score (nSPS) is 15.4. The lowest BCUT2D eigenvalue weighted by molar-refractivity contribution is 0.0955. The third kappa shape index (κ3) is 4.63. The van der Waals surface area contributed by atoms with E-state index in [1.54, 1.807) is 24.3 Å². The number of hydrogen-bond donors (Lipinski definition) is 2. The Morgan fingerprint density at radius 2 is 1.50 bits per heavy atom. The highest BCUT2D eigenvalue weighted by molar-refractivity contribution is 6.01. The van der Waals surface area contributed by atoms with Crippen LogP contribution in [0.15, 0.2) is 53.6 Å². The van der Waals surface area contributed by atoms with Gasteiger partial charge in [-0.3, -0.25) is 4.79 Å². The SMILES string of the molecule is C/C(=N\NC(=O)c1ccc(N)cc1)c1ccc(N2CCCCCC2)cc1. The summed E-state index contributed by atoms with van der Waals surface area (Å²) in [7, 11) is 0. The molecule has 2 aromatic carbocycles. The molecule has 0 atom stereocenters. The predicted molar refractivity (Wildman–Crippen MR) is 108 cm³/mol. The Morgan fingerprint density at radius 1 is 0.923 bits per heavy atom. The van der Waals surface area contributed by atoms with Crippen LogP contribution >= 0.6 is 0 Å². The number of anilines is 2. The van der Waals surface area contributed by atoms with Gasteiger partial charge < -0.3 is 10.6 Å². The third-order valence-electron chi connectivity index (χ3n) is 4.75. The Labute approximate surface area is 154 Å². The molecule has 1 aliphatic rings. The minimum atomic E-state index is -0.245. The first-order chi connectivity index (χ1) is 12.6. The maximum atomic E-state index is 12.1. The van der Waals surface area contributed by atoms with Crippen molar-refractivity contribution in [3.8, 4) is 0 Å². The molecule has 1 saturated heterocycles. The molecule has 1 aliphatic heterocycles. The van der Waals surface area contributed by atoms with Crippen LogP contribution < -0.4 is 16.1 Å². The number of nitrogens with two attached hydrogens (primary N) is 1. The summed E-state index contributed by atoms with van der Waals surface area (Å²) in [6.45, 7) is 4.15. The molecule has 0 aliphatic carbocycles. The summed E-state index contributed by atoms with van der Waals surface area (Å²) in [4.78, 5) is 14.6. The zero-order valence-electron chi connectivity index (χ0n) is 15.2. The molecule has 1 fully saturated rings. The van der Waals surface area contributed by atoms with Crippen molar-refractivity contribution in [3.63, 3.8) is 0 Å². The summed E-state index contributed by atoms with van der Waals surface area (Å²) in [5.74, 6) is -0.245. The fraction of sp³-hybridized carbons (Fsp3) is 0.333. The van der Waals surface area contributed by atoms with E-state index in [9.17, 15) is 4.79 Å². The molecule has 3 N–H and O–H groups in total. The first kappa shape index (κ1) is 18.0. The quantitative estimate of drug-likeness (QED) is 0.500. The van der Waals surface area contributed by atoms with Crippen LogP contribution in [0.25, 0.3) is 0 Å². The molecule has 26 heavy (non-hydrogen) atoms. The Hall–Kier alpha value is -2.82. The van der Waals surface area contributed by atoms with E-state index in [2.05, 4.69) is 39.7 Å². The average molecular weight is 350 g/mol. The van der Waals surface area contributed by atoms with E-state index in [0.29, 0.717) is 11.3 Å². The Kier molecular flexibility index (Phi) is 5.89. The molecule has 1 amide bonds. The number of hydrogen-bond acceptors (Lipinski definition) is 4. The maximum absolute atomic E-state index is 12.1. The number of carbonyl (C=O) groups excluding carboxylic acids is 1. The van der Waals surface area contributed by atoms with Gasteiger partial charge in [-0.2, -0.15) is 5.10 Å². The van der Waals surface area contributed by atoms with Crippen molar-refractivity contribution in [1.29, 1.82) is 0 Å². The van der Waals surface area contributed by atoms with Crippen LogP contribution in [0.5, 0.6) is 0 Å². The summed E-state index contributed by atoms with van der Waals surface area (Å²) in [6.07, 6.45) is 5.18. The molecule has 0 aromatic heterocycles. The predicted octanol–water partition coefficient (Wildman–Crippen LogP) is 3.80. The van der Waals surface area contributed by atoms with Crippen molar-refractivity contribution in [2.24, 2.45) is 5.10 Å². The number of nitrogen functional groups attached to an aromatic ring is 1. The molecule has 0 bridgehead atoms. The number of nitrogens with one attached hydrogen (secondary N) is 1. The zero-order valence-corrected chi connectivity index (χ0v) is 15.2. The van der Waals surface area contributed by atoms with Crippen LogP contribution in [0.1, 0.15) is 48.5 Å². The van der Waals surface area contributed by atoms with E-state index in [1.165, 1.54) is 31.4 Å². The molecule has 5 heteroatoms. The first-order valence-electron chi connectivity index (χ1n) is 9.19. The van der Waals surface area contributed by atoms with Gasteiger partial charge in [0.15, 0.2) is 0 Å². The standard InChI is InChI=1S/C21H26N4O/c1-16(23-24-21(26)18-6-10-19(22)11-7-18)17-8-12-20(13-9-17)25-14-4-2-3-5-15-25/h6-13H,2-5,14-15,22H2,1H3,(H,24,26)/b23-16+. The average Bonchev–Trinajstić information content (AvgIpc) is 2.96. The lowest BCUT2D eigenvalue weighted by Gasteiger charge is -2.22. The summed E-state index contributed by atoms with van der Waals surface area (Å²) >= 11 is 0. The van der Waals surface area contributed by atoms with Gasteiger partial charge in [0.1, 0.15) is 0 Å². The third-order valence-corrected chi connectivity index (χ3v) is 4.75. The van der Waals surface area contributed by atoms with Gasteiger partial charge in [-0.15, -0.1) is 0 Å². The maximum Gasteiger partial charge on any atom is 0.271 e. The molecule has 0 radical (unpaired) electrons. The summed E-state index contributed by atoms with van der Waals surface area (Å²) < 4.78 is 0. The fourth-order valence-corrected chi connectivity index (χ4v) is 3.14. The van der Waals surface area contributed by atoms with E-state index in [4.69, 9.17) is 5.73 Å². The first-order valence-corrected chi connectivity index (χ1v) is 9.19. The Balaban J connectivity index is 1.63. The highest BCUT2D eigenvalue weighted by atomic mass is 16.2. The largest absolute Gasteiger partial charge is 0.399 e. The lowest BCUT2D eigenvalue weighted by atomic mass is 10.1. The smallest absolute Gasteiger partial charge is 0.271 e. The zero-order chi connectivity index (χ0) is 18.4. The van der Waals surface area contributed by atoms with E-state index in [-0.39, 0.29) is 5.91 Å². The molecular weight excluding hydrogens is 324 g/mol. The van der Waals surface area contributed by atoms with Gasteiger partial charge in [0.25, 0.3) is 5.91 Å². The lowest BCUT2D eigenvalue weighted by Crippen LogP contribution is -2.23. The number of nitrogens with zero attached hydrogens (tertiary/aromatic N) is 2. The minimum absolute atomic E-state index is 0.245. The van der Waals surface area contributed by atoms with Crippen molar-refractivity contribution < 1.29 is 4.79 Å². The van der Waals surface area contributed by atoms with E-state index in [0.717, 1.165) is 24.4 Å². The molecule has 136 valence electrons. The van der Waals surface area contributed by atoms with Crippen LogP contribution in [-0.4, -0.2) is 24.7 Å². The van der Waals surface area contributed by atoms with Crippen LogP contribution in [-0.2, 0) is 0 Å². The van der Waals surface area contributed by atoms with Crippen LogP contribution in [0, 0.1) is 0 Å². The molecule has 0 spiro atoms. The van der Waals surface area contributed by atoms with Gasteiger partial charge in [-0.25, -0.2) is 5.43 Å². The second kappa shape index (κ2) is 8.52. The highest BCUT2D eigenvalue weighted by Gasteiger charge is 2.10. The van der Waals surface area contributed by atoms with Crippen molar-refractivity contribution in [3.05, 3.63) is 59.7 Å². The molecule has 3 rings (SSSR count). The number of hydrazone groups is 1. The minimum Gasteiger partial charge on any atom is -0.399 e. The van der Waals surface area contributed by atoms with Crippen molar-refractivity contribution in [2.45, 2.75) is 32.6 Å². The van der Waals surface area contributed by atoms with Gasteiger partial charge in [-0.1, -0.05) is 25.0 Å². The summed E-state index contributed by atoms with van der Waals surface area (Å²) in [6, 6.07) is 15.2. The van der Waals surface area contributed by atoms with E-state index >= 15 is 0 Å². The second-order valence-corrected chi connectivity index (χ2v) is 6.71. The fourth-order valence-electron chi connectivity index (χ4n) is 3.14. The van der Waals surface area contributed by atoms with Gasteiger partial charge in [0, 0.05) is 30.0 Å². The molecule has 0 saturated carbocycles. The van der Waals surface area contributed by atoms with Crippen LogP contribution in [0.4, 0.5) is 11.4 Å².